The number of methoxy groups -OCH3 is 1. The Balaban J connectivity index is 2.09. The smallest absolute Gasteiger partial charge is 0.342 e. The zero-order valence-electron chi connectivity index (χ0n) is 12.3. The van der Waals surface area contributed by atoms with Crippen LogP contribution in [0.4, 0.5) is 0 Å². The molecule has 0 fully saturated rings. The van der Waals surface area contributed by atoms with Crippen LogP contribution in [0.15, 0.2) is 65.6 Å². The van der Waals surface area contributed by atoms with Gasteiger partial charge in [-0.1, -0.05) is 24.3 Å². The Morgan fingerprint density at radius 1 is 1.09 bits per heavy atom. The van der Waals surface area contributed by atoms with E-state index in [2.05, 4.69) is 0 Å². The number of aromatic nitrogens is 2. The van der Waals surface area contributed by atoms with Gasteiger partial charge in [0.1, 0.15) is 5.75 Å². The van der Waals surface area contributed by atoms with Crippen LogP contribution in [0.5, 0.6) is 11.6 Å². The molecule has 6 nitrogen and oxygen atoms in total. The summed E-state index contributed by atoms with van der Waals surface area (Å²) in [4.78, 5) is 25.0. The fourth-order valence-electron chi connectivity index (χ4n) is 2.28. The van der Waals surface area contributed by atoms with Gasteiger partial charge in [-0.2, -0.15) is 4.57 Å². The molecule has 1 aromatic heterocycles. The molecule has 0 spiro atoms. The normalized spacial score (nSPS) is 10.5. The highest BCUT2D eigenvalue weighted by Gasteiger charge is 2.19. The van der Waals surface area contributed by atoms with Gasteiger partial charge in [0.25, 0.3) is 5.91 Å². The zero-order valence-corrected chi connectivity index (χ0v) is 12.3. The second kappa shape index (κ2) is 5.84. The van der Waals surface area contributed by atoms with Crippen molar-refractivity contribution < 1.29 is 14.6 Å². The Bertz CT molecular complexity index is 910. The van der Waals surface area contributed by atoms with Crippen molar-refractivity contribution in [3.63, 3.8) is 0 Å². The fraction of sp³-hybridized carbons (Fsp3) is 0.0588. The molecule has 0 aliphatic carbocycles. The third-order valence-electron chi connectivity index (χ3n) is 3.43. The summed E-state index contributed by atoms with van der Waals surface area (Å²) in [5.41, 5.74) is 0.166. The lowest BCUT2D eigenvalue weighted by Gasteiger charge is -2.04. The Hall–Kier alpha value is -3.28. The van der Waals surface area contributed by atoms with Crippen molar-refractivity contribution >= 4 is 5.91 Å². The predicted molar refractivity (Wildman–Crippen MR) is 84.4 cm³/mol. The van der Waals surface area contributed by atoms with Crippen LogP contribution in [-0.4, -0.2) is 27.3 Å². The molecule has 6 heteroatoms. The Morgan fingerprint density at radius 2 is 1.83 bits per heavy atom. The van der Waals surface area contributed by atoms with E-state index in [1.54, 1.807) is 42.5 Å². The summed E-state index contributed by atoms with van der Waals surface area (Å²) in [6.45, 7) is 0. The average molecular weight is 310 g/mol. The average Bonchev–Trinajstić information content (AvgIpc) is 2.89. The number of benzene rings is 2. The largest absolute Gasteiger partial charge is 0.497 e. The van der Waals surface area contributed by atoms with Crippen LogP contribution in [0.3, 0.4) is 0 Å². The van der Waals surface area contributed by atoms with E-state index >= 15 is 0 Å². The van der Waals surface area contributed by atoms with E-state index in [0.717, 1.165) is 4.57 Å². The minimum Gasteiger partial charge on any atom is -0.497 e. The summed E-state index contributed by atoms with van der Waals surface area (Å²) in [5, 5.41) is 10.0. The number of carbonyl (C=O) groups is 1. The van der Waals surface area contributed by atoms with Crippen LogP contribution < -0.4 is 10.4 Å². The van der Waals surface area contributed by atoms with Crippen LogP contribution in [0.25, 0.3) is 5.69 Å². The third-order valence-corrected chi connectivity index (χ3v) is 3.43. The van der Waals surface area contributed by atoms with Crippen molar-refractivity contribution in [2.24, 2.45) is 0 Å². The van der Waals surface area contributed by atoms with Gasteiger partial charge in [0.05, 0.1) is 19.0 Å². The maximum atomic E-state index is 12.5. The molecule has 0 aliphatic heterocycles. The molecule has 23 heavy (non-hydrogen) atoms. The number of para-hydroxylation sites is 1. The van der Waals surface area contributed by atoms with Crippen LogP contribution in [0.2, 0.25) is 0 Å². The van der Waals surface area contributed by atoms with E-state index in [1.165, 1.54) is 23.9 Å². The molecular formula is C17H14N2O4. The highest BCUT2D eigenvalue weighted by atomic mass is 16.5. The SMILES string of the molecule is COc1cccc(C(=O)n2c(O)cn(-c3ccccc3)c2=O)c1. The van der Waals surface area contributed by atoms with Gasteiger partial charge in [-0.3, -0.25) is 9.36 Å². The number of rotatable bonds is 3. The van der Waals surface area contributed by atoms with Gasteiger partial charge < -0.3 is 9.84 Å². The molecule has 0 atom stereocenters. The van der Waals surface area contributed by atoms with Crippen molar-refractivity contribution in [1.29, 1.82) is 0 Å². The Labute approximate surface area is 131 Å². The molecule has 116 valence electrons. The summed E-state index contributed by atoms with van der Waals surface area (Å²) in [7, 11) is 1.49. The standard InChI is InChI=1S/C17H14N2O4/c1-23-14-9-5-6-12(10-14)16(21)19-15(20)11-18(17(19)22)13-7-3-2-4-8-13/h2-11,20H,1H3. The third kappa shape index (κ3) is 2.62. The molecule has 2 aromatic carbocycles. The van der Waals surface area contributed by atoms with E-state index in [9.17, 15) is 14.7 Å². The number of nitrogens with zero attached hydrogens (tertiary/aromatic N) is 2. The molecule has 3 rings (SSSR count). The lowest BCUT2D eigenvalue weighted by molar-refractivity contribution is 0.0946. The molecular weight excluding hydrogens is 296 g/mol. The van der Waals surface area contributed by atoms with E-state index < -0.39 is 17.5 Å². The maximum absolute atomic E-state index is 12.5. The van der Waals surface area contributed by atoms with Gasteiger partial charge in [-0.05, 0) is 30.3 Å². The molecule has 1 N–H and O–H groups in total. The summed E-state index contributed by atoms with van der Waals surface area (Å²) < 4.78 is 7.01. The lowest BCUT2D eigenvalue weighted by Crippen LogP contribution is -2.28. The first-order valence-electron chi connectivity index (χ1n) is 6.89. The van der Waals surface area contributed by atoms with Crippen molar-refractivity contribution in [1.82, 2.24) is 9.13 Å². The Morgan fingerprint density at radius 3 is 2.52 bits per heavy atom. The summed E-state index contributed by atoms with van der Waals surface area (Å²) in [6, 6.07) is 15.1. The first-order chi connectivity index (χ1) is 11.1. The maximum Gasteiger partial charge on any atom is 0.342 e. The molecule has 0 bridgehead atoms. The van der Waals surface area contributed by atoms with Gasteiger partial charge in [0.2, 0.25) is 5.88 Å². The summed E-state index contributed by atoms with van der Waals surface area (Å²) in [6.07, 6.45) is 1.22. The molecule has 0 amide bonds. The minimum absolute atomic E-state index is 0.243. The lowest BCUT2D eigenvalue weighted by atomic mass is 10.2. The molecule has 3 aromatic rings. The molecule has 0 saturated carbocycles. The highest BCUT2D eigenvalue weighted by molar-refractivity contribution is 5.97. The first kappa shape index (κ1) is 14.6. The van der Waals surface area contributed by atoms with E-state index in [1.807, 2.05) is 6.07 Å². The molecule has 0 unspecified atom stereocenters. The quantitative estimate of drug-likeness (QED) is 0.803. The number of hydrogen-bond donors (Lipinski definition) is 1. The Kier molecular flexibility index (Phi) is 3.72. The van der Waals surface area contributed by atoms with Crippen LogP contribution in [0.1, 0.15) is 10.4 Å². The number of carbonyl (C=O) groups excluding carboxylic acids is 1. The number of hydrogen-bond acceptors (Lipinski definition) is 4. The van der Waals surface area contributed by atoms with Gasteiger partial charge >= 0.3 is 5.69 Å². The monoisotopic (exact) mass is 310 g/mol. The number of ether oxygens (including phenoxy) is 1. The molecule has 0 aliphatic rings. The molecule has 0 radical (unpaired) electrons. The van der Waals surface area contributed by atoms with Gasteiger partial charge in [0.15, 0.2) is 0 Å². The van der Waals surface area contributed by atoms with Crippen molar-refractivity contribution in [3.8, 4) is 17.3 Å². The topological polar surface area (TPSA) is 73.5 Å². The van der Waals surface area contributed by atoms with Gasteiger partial charge in [-0.15, -0.1) is 0 Å². The van der Waals surface area contributed by atoms with Crippen molar-refractivity contribution in [2.45, 2.75) is 0 Å². The van der Waals surface area contributed by atoms with E-state index in [-0.39, 0.29) is 5.56 Å². The van der Waals surface area contributed by atoms with Crippen LogP contribution in [0, 0.1) is 0 Å². The summed E-state index contributed by atoms with van der Waals surface area (Å²) in [5.74, 6) is -0.557. The van der Waals surface area contributed by atoms with Gasteiger partial charge in [0, 0.05) is 5.56 Å². The highest BCUT2D eigenvalue weighted by Crippen LogP contribution is 2.17. The minimum atomic E-state index is -0.637. The van der Waals surface area contributed by atoms with Gasteiger partial charge in [-0.25, -0.2) is 4.79 Å². The van der Waals surface area contributed by atoms with Crippen LogP contribution >= 0.6 is 0 Å². The predicted octanol–water partition coefficient (Wildman–Crippen LogP) is 2.04. The fourth-order valence-corrected chi connectivity index (χ4v) is 2.28. The van der Waals surface area contributed by atoms with Crippen LogP contribution in [-0.2, 0) is 0 Å². The van der Waals surface area contributed by atoms with E-state index in [4.69, 9.17) is 4.74 Å². The van der Waals surface area contributed by atoms with Crippen molar-refractivity contribution in [2.75, 3.05) is 7.11 Å². The molecule has 0 saturated heterocycles. The zero-order chi connectivity index (χ0) is 16.4. The second-order valence-corrected chi connectivity index (χ2v) is 4.85. The first-order valence-corrected chi connectivity index (χ1v) is 6.89. The summed E-state index contributed by atoms with van der Waals surface area (Å²) >= 11 is 0. The second-order valence-electron chi connectivity index (χ2n) is 4.85. The molecule has 1 heterocycles. The number of imidazole rings is 1. The number of aromatic hydroxyl groups is 1. The van der Waals surface area contributed by atoms with E-state index in [0.29, 0.717) is 11.4 Å². The van der Waals surface area contributed by atoms with Crippen molar-refractivity contribution in [3.05, 3.63) is 76.8 Å².